The van der Waals surface area contributed by atoms with Crippen LogP contribution in [0.25, 0.3) is 11.0 Å². The van der Waals surface area contributed by atoms with Gasteiger partial charge in [0.25, 0.3) is 0 Å². The van der Waals surface area contributed by atoms with E-state index in [-0.39, 0.29) is 5.28 Å². The molecule has 0 spiro atoms. The van der Waals surface area contributed by atoms with E-state index in [2.05, 4.69) is 38.9 Å². The summed E-state index contributed by atoms with van der Waals surface area (Å²) in [7, 11) is 0. The molecule has 0 bridgehead atoms. The fraction of sp³-hybridized carbons (Fsp3) is 0.545. The predicted molar refractivity (Wildman–Crippen MR) is 75.4 cm³/mol. The largest absolute Gasteiger partial charge is 0.354 e. The normalized spacial score (nSPS) is 24.7. The lowest BCUT2D eigenvalue weighted by molar-refractivity contribution is 0.720. The van der Waals surface area contributed by atoms with Crippen LogP contribution in [-0.2, 0) is 0 Å². The maximum Gasteiger partial charge on any atom is 0.226 e. The summed E-state index contributed by atoms with van der Waals surface area (Å²) < 4.78 is 0. The number of rotatable bonds is 1. The summed E-state index contributed by atoms with van der Waals surface area (Å²) >= 11 is 7.98. The number of thioether (sulfide) groups is 1. The van der Waals surface area contributed by atoms with E-state index in [1.165, 1.54) is 0 Å². The monoisotopic (exact) mass is 283 g/mol. The van der Waals surface area contributed by atoms with Crippen molar-refractivity contribution in [3.05, 3.63) is 11.5 Å². The van der Waals surface area contributed by atoms with Crippen molar-refractivity contribution < 1.29 is 0 Å². The number of nitrogens with one attached hydrogen (secondary N) is 1. The van der Waals surface area contributed by atoms with Gasteiger partial charge >= 0.3 is 0 Å². The van der Waals surface area contributed by atoms with Crippen molar-refractivity contribution in [3.63, 3.8) is 0 Å². The Labute approximate surface area is 114 Å². The Morgan fingerprint density at radius 3 is 2.78 bits per heavy atom. The van der Waals surface area contributed by atoms with Crippen molar-refractivity contribution in [3.8, 4) is 0 Å². The van der Waals surface area contributed by atoms with Gasteiger partial charge in [-0.25, -0.2) is 0 Å². The molecule has 1 fully saturated rings. The van der Waals surface area contributed by atoms with Gasteiger partial charge in [0.05, 0.1) is 11.6 Å². The smallest absolute Gasteiger partial charge is 0.226 e. The van der Waals surface area contributed by atoms with Crippen molar-refractivity contribution >= 4 is 40.2 Å². The molecule has 3 rings (SSSR count). The van der Waals surface area contributed by atoms with Gasteiger partial charge in [0.1, 0.15) is 5.82 Å². The highest BCUT2D eigenvalue weighted by Crippen LogP contribution is 2.31. The number of aromatic amines is 1. The summed E-state index contributed by atoms with van der Waals surface area (Å²) in [6.07, 6.45) is 1.76. The summed E-state index contributed by atoms with van der Waals surface area (Å²) in [4.78, 5) is 10.8. The Morgan fingerprint density at radius 2 is 2.06 bits per heavy atom. The lowest BCUT2D eigenvalue weighted by atomic mass is 10.3. The highest BCUT2D eigenvalue weighted by Gasteiger charge is 2.25. The van der Waals surface area contributed by atoms with Gasteiger partial charge in [-0.3, -0.25) is 5.10 Å². The third kappa shape index (κ3) is 2.14. The molecule has 1 aliphatic rings. The zero-order chi connectivity index (χ0) is 12.7. The van der Waals surface area contributed by atoms with Crippen LogP contribution in [0.5, 0.6) is 0 Å². The minimum atomic E-state index is 0.264. The molecular formula is C11H14ClN5S. The number of aromatic nitrogens is 4. The molecule has 0 saturated carbocycles. The molecule has 3 heterocycles. The SMILES string of the molecule is CC1CN(c2nc(Cl)nc3[nH]ncc23)CC(C)S1. The Hall–Kier alpha value is -1.01. The van der Waals surface area contributed by atoms with Crippen LogP contribution in [-0.4, -0.2) is 43.8 Å². The number of halogens is 1. The molecule has 0 aliphatic carbocycles. The second-order valence-electron chi connectivity index (χ2n) is 4.61. The zero-order valence-electron chi connectivity index (χ0n) is 10.2. The minimum absolute atomic E-state index is 0.264. The molecule has 2 unspecified atom stereocenters. The van der Waals surface area contributed by atoms with Crippen LogP contribution >= 0.6 is 23.4 Å². The van der Waals surface area contributed by atoms with Crippen LogP contribution in [0.3, 0.4) is 0 Å². The second kappa shape index (κ2) is 4.59. The first-order valence-electron chi connectivity index (χ1n) is 5.90. The highest BCUT2D eigenvalue weighted by molar-refractivity contribution is 8.00. The molecule has 2 aromatic heterocycles. The topological polar surface area (TPSA) is 57.7 Å². The van der Waals surface area contributed by atoms with Gasteiger partial charge in [0.2, 0.25) is 5.28 Å². The summed E-state index contributed by atoms with van der Waals surface area (Å²) in [6.45, 7) is 6.43. The van der Waals surface area contributed by atoms with Gasteiger partial charge in [-0.1, -0.05) is 13.8 Å². The first kappa shape index (κ1) is 12.0. The molecule has 0 amide bonds. The Bertz CT molecular complexity index is 562. The Balaban J connectivity index is 2.05. The third-order valence-electron chi connectivity index (χ3n) is 2.98. The van der Waals surface area contributed by atoms with E-state index in [9.17, 15) is 0 Å². The van der Waals surface area contributed by atoms with E-state index in [1.54, 1.807) is 6.20 Å². The second-order valence-corrected chi connectivity index (χ2v) is 6.83. The number of nitrogens with zero attached hydrogens (tertiary/aromatic N) is 4. The molecule has 7 heteroatoms. The maximum atomic E-state index is 5.97. The van der Waals surface area contributed by atoms with Gasteiger partial charge < -0.3 is 4.90 Å². The third-order valence-corrected chi connectivity index (χ3v) is 4.38. The van der Waals surface area contributed by atoms with Gasteiger partial charge in [-0.05, 0) is 11.6 Å². The van der Waals surface area contributed by atoms with Crippen LogP contribution in [0.1, 0.15) is 13.8 Å². The van der Waals surface area contributed by atoms with E-state index in [1.807, 2.05) is 11.8 Å². The van der Waals surface area contributed by atoms with Crippen molar-refractivity contribution in [1.82, 2.24) is 20.2 Å². The zero-order valence-corrected chi connectivity index (χ0v) is 11.8. The lowest BCUT2D eigenvalue weighted by Crippen LogP contribution is -2.41. The van der Waals surface area contributed by atoms with Gasteiger partial charge in [-0.15, -0.1) is 0 Å². The Morgan fingerprint density at radius 1 is 1.33 bits per heavy atom. The van der Waals surface area contributed by atoms with E-state index in [4.69, 9.17) is 11.6 Å². The van der Waals surface area contributed by atoms with Crippen LogP contribution in [0.4, 0.5) is 5.82 Å². The minimum Gasteiger partial charge on any atom is -0.354 e. The molecule has 0 radical (unpaired) electrons. The first-order chi connectivity index (χ1) is 8.63. The number of hydrogen-bond acceptors (Lipinski definition) is 5. The average molecular weight is 284 g/mol. The molecule has 2 atom stereocenters. The summed E-state index contributed by atoms with van der Waals surface area (Å²) in [5.74, 6) is 0.887. The predicted octanol–water partition coefficient (Wildman–Crippen LogP) is 2.34. The lowest BCUT2D eigenvalue weighted by Gasteiger charge is -2.35. The van der Waals surface area contributed by atoms with E-state index in [0.29, 0.717) is 16.1 Å². The van der Waals surface area contributed by atoms with Gasteiger partial charge in [0, 0.05) is 23.6 Å². The molecule has 18 heavy (non-hydrogen) atoms. The van der Waals surface area contributed by atoms with Gasteiger partial charge in [-0.2, -0.15) is 26.8 Å². The molecule has 1 saturated heterocycles. The molecule has 1 N–H and O–H groups in total. The number of fused-ring (bicyclic) bond motifs is 1. The molecule has 0 aromatic carbocycles. The summed E-state index contributed by atoms with van der Waals surface area (Å²) in [5, 5.41) is 9.24. The highest BCUT2D eigenvalue weighted by atomic mass is 35.5. The van der Waals surface area contributed by atoms with Crippen LogP contribution in [0, 0.1) is 0 Å². The summed E-state index contributed by atoms with van der Waals surface area (Å²) in [6, 6.07) is 0. The fourth-order valence-electron chi connectivity index (χ4n) is 2.38. The number of anilines is 1. The molecule has 2 aromatic rings. The molecule has 5 nitrogen and oxygen atoms in total. The van der Waals surface area contributed by atoms with Gasteiger partial charge in [0.15, 0.2) is 5.65 Å². The fourth-order valence-corrected chi connectivity index (χ4v) is 3.87. The quantitative estimate of drug-likeness (QED) is 0.814. The maximum absolute atomic E-state index is 5.97. The van der Waals surface area contributed by atoms with E-state index in [0.717, 1.165) is 24.3 Å². The van der Waals surface area contributed by atoms with Crippen LogP contribution in [0.15, 0.2) is 6.20 Å². The summed E-state index contributed by atoms with van der Waals surface area (Å²) in [5.41, 5.74) is 0.698. The molecular weight excluding hydrogens is 270 g/mol. The van der Waals surface area contributed by atoms with Crippen molar-refractivity contribution in [1.29, 1.82) is 0 Å². The number of H-pyrrole nitrogens is 1. The van der Waals surface area contributed by atoms with Crippen LogP contribution < -0.4 is 4.90 Å². The number of hydrogen-bond donors (Lipinski definition) is 1. The van der Waals surface area contributed by atoms with Crippen LogP contribution in [0.2, 0.25) is 5.28 Å². The van der Waals surface area contributed by atoms with Crippen molar-refractivity contribution in [2.45, 2.75) is 24.3 Å². The van der Waals surface area contributed by atoms with E-state index >= 15 is 0 Å². The first-order valence-corrected chi connectivity index (χ1v) is 7.22. The van der Waals surface area contributed by atoms with Crippen molar-refractivity contribution in [2.24, 2.45) is 0 Å². The average Bonchev–Trinajstić information content (AvgIpc) is 2.74. The Kier molecular flexibility index (Phi) is 3.07. The van der Waals surface area contributed by atoms with E-state index < -0.39 is 0 Å². The molecule has 96 valence electrons. The van der Waals surface area contributed by atoms with Crippen molar-refractivity contribution in [2.75, 3.05) is 18.0 Å². The standard InChI is InChI=1S/C11H14ClN5S/c1-6-4-17(5-7(2)18-6)10-8-3-13-16-9(8)14-11(12)15-10/h3,6-7H,4-5H2,1-2H3,(H,13,14,15,16). The molecule has 1 aliphatic heterocycles.